The van der Waals surface area contributed by atoms with Crippen molar-refractivity contribution in [3.8, 4) is 0 Å². The molecule has 7 unspecified atom stereocenters. The second-order valence-electron chi connectivity index (χ2n) is 25.3. The fourth-order valence-corrected chi connectivity index (χ4v) is 11.6. The van der Waals surface area contributed by atoms with Crippen LogP contribution in [0, 0.1) is 0 Å². The van der Waals surface area contributed by atoms with E-state index >= 15 is 0 Å². The van der Waals surface area contributed by atoms with Crippen molar-refractivity contribution in [2.75, 3.05) is 13.2 Å². The molecule has 0 aromatic heterocycles. The minimum absolute atomic E-state index is 0.180. The summed E-state index contributed by atoms with van der Waals surface area (Å²) in [5, 5.41) is 54.7. The molecule has 9 heteroatoms. The Morgan fingerprint density at radius 2 is 0.741 bits per heavy atom. The predicted octanol–water partition coefficient (Wildman–Crippen LogP) is 20.3. The number of hydrogen-bond donors (Lipinski definition) is 6. The SMILES string of the molecule is CC/C=C\C/C=C\C/C=C\C/C=C\CCCCCCCCCCCCCCCCCCCCCCCCCCCCCCC(=O)NC(COC1OC(CO)C(O)C(O)C1O)C(O)/C=C/CC/C=C/CCCCCCCCCCCCCCCCC. The van der Waals surface area contributed by atoms with Crippen molar-refractivity contribution in [1.29, 1.82) is 0 Å². The van der Waals surface area contributed by atoms with Crippen LogP contribution in [0.3, 0.4) is 0 Å². The average molecular weight is 1190 g/mol. The first-order valence-corrected chi connectivity index (χ1v) is 36.7. The monoisotopic (exact) mass is 1190 g/mol. The Morgan fingerprint density at radius 3 is 1.13 bits per heavy atom. The highest BCUT2D eigenvalue weighted by atomic mass is 16.7. The van der Waals surface area contributed by atoms with E-state index in [2.05, 4.69) is 79.9 Å². The van der Waals surface area contributed by atoms with Crippen LogP contribution < -0.4 is 5.32 Å². The molecule has 0 aromatic rings. The number of carbonyl (C=O) groups excluding carboxylic acids is 1. The van der Waals surface area contributed by atoms with Crippen molar-refractivity contribution in [3.63, 3.8) is 0 Å². The summed E-state index contributed by atoms with van der Waals surface area (Å²) in [6.45, 7) is 3.69. The zero-order chi connectivity index (χ0) is 61.4. The molecule has 6 N–H and O–H groups in total. The van der Waals surface area contributed by atoms with Gasteiger partial charge in [0.1, 0.15) is 24.4 Å². The van der Waals surface area contributed by atoms with Gasteiger partial charge in [0.05, 0.1) is 25.4 Å². The zero-order valence-corrected chi connectivity index (χ0v) is 55.6. The van der Waals surface area contributed by atoms with Gasteiger partial charge in [-0.3, -0.25) is 4.79 Å². The van der Waals surface area contributed by atoms with Crippen LogP contribution in [0.1, 0.15) is 348 Å². The minimum Gasteiger partial charge on any atom is -0.394 e. The first-order valence-electron chi connectivity index (χ1n) is 36.7. The van der Waals surface area contributed by atoms with E-state index in [1.165, 1.54) is 263 Å². The van der Waals surface area contributed by atoms with Crippen molar-refractivity contribution in [3.05, 3.63) is 72.9 Å². The van der Waals surface area contributed by atoms with Crippen LogP contribution in [0.4, 0.5) is 0 Å². The number of aliphatic hydroxyl groups excluding tert-OH is 5. The normalized spacial score (nSPS) is 18.5. The van der Waals surface area contributed by atoms with Gasteiger partial charge < -0.3 is 40.3 Å². The van der Waals surface area contributed by atoms with Gasteiger partial charge in [-0.15, -0.1) is 0 Å². The Morgan fingerprint density at radius 1 is 0.412 bits per heavy atom. The molecule has 7 atom stereocenters. The molecule has 0 saturated carbocycles. The third-order valence-corrected chi connectivity index (χ3v) is 17.3. The predicted molar refractivity (Wildman–Crippen MR) is 364 cm³/mol. The van der Waals surface area contributed by atoms with Crippen LogP contribution in [0.15, 0.2) is 72.9 Å². The Bertz CT molecular complexity index is 1570. The summed E-state index contributed by atoms with van der Waals surface area (Å²) in [7, 11) is 0. The summed E-state index contributed by atoms with van der Waals surface area (Å²) in [5.41, 5.74) is 0. The van der Waals surface area contributed by atoms with Gasteiger partial charge in [-0.1, -0.05) is 344 Å². The van der Waals surface area contributed by atoms with Crippen LogP contribution in [-0.4, -0.2) is 87.5 Å². The van der Waals surface area contributed by atoms with Crippen molar-refractivity contribution < 1.29 is 39.8 Å². The van der Waals surface area contributed by atoms with E-state index < -0.39 is 49.5 Å². The largest absolute Gasteiger partial charge is 0.394 e. The van der Waals surface area contributed by atoms with Crippen LogP contribution in [0.2, 0.25) is 0 Å². The summed E-state index contributed by atoms with van der Waals surface area (Å²) in [5.74, 6) is -0.180. The molecular weight excluding hydrogens is 1050 g/mol. The Balaban J connectivity index is 2.05. The first kappa shape index (κ1) is 80.6. The van der Waals surface area contributed by atoms with Gasteiger partial charge in [0, 0.05) is 6.42 Å². The number of amides is 1. The third-order valence-electron chi connectivity index (χ3n) is 17.3. The number of unbranched alkanes of at least 4 members (excludes halogenated alkanes) is 44. The molecule has 1 saturated heterocycles. The number of nitrogens with one attached hydrogen (secondary N) is 1. The summed E-state index contributed by atoms with van der Waals surface area (Å²) in [6.07, 6.45) is 84.7. The van der Waals surface area contributed by atoms with Crippen LogP contribution in [0.5, 0.6) is 0 Å². The molecule has 1 fully saturated rings. The second kappa shape index (κ2) is 64.6. The van der Waals surface area contributed by atoms with Crippen molar-refractivity contribution >= 4 is 5.91 Å². The lowest BCUT2D eigenvalue weighted by atomic mass is 9.99. The summed E-state index contributed by atoms with van der Waals surface area (Å²) < 4.78 is 11.3. The number of aliphatic hydroxyl groups is 5. The van der Waals surface area contributed by atoms with Crippen molar-refractivity contribution in [2.45, 2.75) is 391 Å². The van der Waals surface area contributed by atoms with Crippen LogP contribution >= 0.6 is 0 Å². The molecule has 1 heterocycles. The first-order chi connectivity index (χ1) is 41.8. The van der Waals surface area contributed by atoms with Gasteiger partial charge in [-0.25, -0.2) is 0 Å². The lowest BCUT2D eigenvalue weighted by molar-refractivity contribution is -0.302. The van der Waals surface area contributed by atoms with Gasteiger partial charge in [-0.2, -0.15) is 0 Å². The Kier molecular flexibility index (Phi) is 61.3. The van der Waals surface area contributed by atoms with E-state index in [0.29, 0.717) is 6.42 Å². The molecule has 1 aliphatic rings. The van der Waals surface area contributed by atoms with E-state index in [4.69, 9.17) is 9.47 Å². The molecule has 1 aliphatic heterocycles. The van der Waals surface area contributed by atoms with Crippen LogP contribution in [-0.2, 0) is 14.3 Å². The number of allylic oxidation sites excluding steroid dienone is 11. The highest BCUT2D eigenvalue weighted by Crippen LogP contribution is 2.23. The topological polar surface area (TPSA) is 149 Å². The van der Waals surface area contributed by atoms with E-state index in [1.54, 1.807) is 6.08 Å². The Hall–Kier alpha value is -2.37. The third kappa shape index (κ3) is 53.2. The number of hydrogen-bond acceptors (Lipinski definition) is 8. The minimum atomic E-state index is -1.57. The maximum Gasteiger partial charge on any atom is 0.220 e. The van der Waals surface area contributed by atoms with E-state index in [-0.39, 0.29) is 12.5 Å². The van der Waals surface area contributed by atoms with Gasteiger partial charge in [-0.05, 0) is 70.6 Å². The summed E-state index contributed by atoms with van der Waals surface area (Å²) in [6, 6.07) is -0.823. The second-order valence-corrected chi connectivity index (χ2v) is 25.3. The van der Waals surface area contributed by atoms with Gasteiger partial charge in [0.15, 0.2) is 6.29 Å². The molecule has 496 valence electrons. The highest BCUT2D eigenvalue weighted by Gasteiger charge is 2.44. The Labute approximate surface area is 525 Å². The lowest BCUT2D eigenvalue weighted by Gasteiger charge is -2.40. The highest BCUT2D eigenvalue weighted by molar-refractivity contribution is 5.76. The van der Waals surface area contributed by atoms with Gasteiger partial charge in [0.25, 0.3) is 0 Å². The van der Waals surface area contributed by atoms with Crippen LogP contribution in [0.25, 0.3) is 0 Å². The van der Waals surface area contributed by atoms with Crippen molar-refractivity contribution in [1.82, 2.24) is 5.32 Å². The number of ether oxygens (including phenoxy) is 2. The van der Waals surface area contributed by atoms with Gasteiger partial charge >= 0.3 is 0 Å². The number of rotatable bonds is 64. The zero-order valence-electron chi connectivity index (χ0n) is 55.6. The summed E-state index contributed by atoms with van der Waals surface area (Å²) >= 11 is 0. The summed E-state index contributed by atoms with van der Waals surface area (Å²) in [4.78, 5) is 13.1. The molecule has 0 aromatic carbocycles. The smallest absolute Gasteiger partial charge is 0.220 e. The molecule has 0 aliphatic carbocycles. The molecule has 0 bridgehead atoms. The maximum atomic E-state index is 13.1. The molecule has 0 spiro atoms. The maximum absolute atomic E-state index is 13.1. The quantitative estimate of drug-likeness (QED) is 0.0261. The fourth-order valence-electron chi connectivity index (χ4n) is 11.6. The molecule has 85 heavy (non-hydrogen) atoms. The molecular formula is C76H139NO8. The standard InChI is InChI=1S/C76H139NO8/c1-3-5-7-9-11-13-15-17-19-21-23-25-26-27-28-29-30-31-32-33-34-35-36-37-38-39-40-41-42-43-44-46-48-50-52-54-56-58-60-62-64-66-72(80)77-69(68-84-76-75(83)74(82)73(81)71(67-78)85-76)70(79)65-63-61-59-57-55-53-51-49-47-45-24-22-20-18-16-14-12-10-8-6-4-2/h5,7,11,13,17,19,23,25,55,57,63,65,69-71,73-76,78-79,81-83H,3-4,6,8-10,12,14-16,18,20-22,24,26-54,56,58-62,64,66-68H2,1-2H3,(H,77,80)/b7-5-,13-11-,19-17-,25-23-,57-55+,65-63+. The van der Waals surface area contributed by atoms with E-state index in [9.17, 15) is 30.3 Å². The average Bonchev–Trinajstić information content (AvgIpc) is 3.68. The van der Waals surface area contributed by atoms with E-state index in [1.807, 2.05) is 6.08 Å². The van der Waals surface area contributed by atoms with Gasteiger partial charge in [0.2, 0.25) is 5.91 Å². The lowest BCUT2D eigenvalue weighted by Crippen LogP contribution is -2.60. The van der Waals surface area contributed by atoms with E-state index in [0.717, 1.165) is 64.2 Å². The number of carbonyl (C=O) groups is 1. The molecule has 1 rings (SSSR count). The molecule has 1 amide bonds. The fraction of sp³-hybridized carbons (Fsp3) is 0.829. The van der Waals surface area contributed by atoms with Crippen molar-refractivity contribution in [2.24, 2.45) is 0 Å². The molecule has 0 radical (unpaired) electrons. The molecule has 9 nitrogen and oxygen atoms in total.